The van der Waals surface area contributed by atoms with Crippen LogP contribution in [0.3, 0.4) is 0 Å². The molecule has 2 aromatic carbocycles. The molecule has 0 aliphatic carbocycles. The number of hydrogen-bond donors (Lipinski definition) is 2. The quantitative estimate of drug-likeness (QED) is 0.876. The van der Waals surface area contributed by atoms with Crippen LogP contribution in [0, 0.1) is 0 Å². The van der Waals surface area contributed by atoms with E-state index >= 15 is 0 Å². The molecule has 1 fully saturated rings. The zero-order valence-corrected chi connectivity index (χ0v) is 14.0. The highest BCUT2D eigenvalue weighted by atomic mass is 35.5. The van der Waals surface area contributed by atoms with Crippen molar-refractivity contribution in [2.24, 2.45) is 0 Å². The van der Waals surface area contributed by atoms with E-state index in [0.29, 0.717) is 17.9 Å². The highest BCUT2D eigenvalue weighted by Crippen LogP contribution is 2.18. The zero-order chi connectivity index (χ0) is 15.2. The maximum absolute atomic E-state index is 9.28. The molecule has 1 heterocycles. The Balaban J connectivity index is 0.00000192. The topological polar surface area (TPSA) is 41.5 Å². The number of phenols is 1. The normalized spacial score (nSPS) is 20.7. The summed E-state index contributed by atoms with van der Waals surface area (Å²) < 4.78 is 6.00. The first kappa shape index (κ1) is 17.8. The van der Waals surface area contributed by atoms with Crippen LogP contribution in [0.4, 0.5) is 0 Å². The van der Waals surface area contributed by atoms with E-state index in [1.54, 1.807) is 12.1 Å². The Hall–Kier alpha value is -1.55. The average molecular weight is 334 g/mol. The number of ether oxygens (including phenoxy) is 1. The molecule has 3 nitrogen and oxygen atoms in total. The monoisotopic (exact) mass is 333 g/mol. The molecule has 4 heteroatoms. The van der Waals surface area contributed by atoms with Crippen LogP contribution in [-0.4, -0.2) is 23.9 Å². The van der Waals surface area contributed by atoms with Crippen molar-refractivity contribution < 1.29 is 9.84 Å². The lowest BCUT2D eigenvalue weighted by Crippen LogP contribution is -2.40. The molecule has 0 aromatic heterocycles. The van der Waals surface area contributed by atoms with E-state index in [1.165, 1.54) is 11.1 Å². The van der Waals surface area contributed by atoms with Gasteiger partial charge in [-0.15, -0.1) is 12.4 Å². The molecule has 2 atom stereocenters. The van der Waals surface area contributed by atoms with Crippen LogP contribution < -0.4 is 5.32 Å². The molecule has 124 valence electrons. The number of hydrogen-bond acceptors (Lipinski definition) is 3. The van der Waals surface area contributed by atoms with Crippen molar-refractivity contribution in [2.45, 2.75) is 38.0 Å². The molecule has 1 aliphatic rings. The van der Waals surface area contributed by atoms with Crippen molar-refractivity contribution in [1.29, 1.82) is 0 Å². The van der Waals surface area contributed by atoms with Gasteiger partial charge in [-0.1, -0.05) is 42.5 Å². The summed E-state index contributed by atoms with van der Waals surface area (Å²) in [6.07, 6.45) is 3.59. The van der Waals surface area contributed by atoms with Crippen LogP contribution in [0.25, 0.3) is 0 Å². The lowest BCUT2D eigenvalue weighted by atomic mass is 9.99. The van der Waals surface area contributed by atoms with Crippen LogP contribution >= 0.6 is 12.4 Å². The summed E-state index contributed by atoms with van der Waals surface area (Å²) in [6, 6.07) is 18.3. The second kappa shape index (κ2) is 8.92. The fourth-order valence-corrected chi connectivity index (χ4v) is 2.88. The van der Waals surface area contributed by atoms with Crippen molar-refractivity contribution in [3.05, 3.63) is 65.7 Å². The SMILES string of the molecule is Cl.Oc1ccc(CN[C@H]2CC[C@@H](Cc3ccccc3)OC2)cc1. The summed E-state index contributed by atoms with van der Waals surface area (Å²) in [7, 11) is 0. The van der Waals surface area contributed by atoms with E-state index < -0.39 is 0 Å². The van der Waals surface area contributed by atoms with Crippen LogP contribution in [0.15, 0.2) is 54.6 Å². The summed E-state index contributed by atoms with van der Waals surface area (Å²) >= 11 is 0. The molecule has 0 radical (unpaired) electrons. The van der Waals surface area contributed by atoms with Gasteiger partial charge in [-0.05, 0) is 42.5 Å². The van der Waals surface area contributed by atoms with Gasteiger partial charge in [0.15, 0.2) is 0 Å². The predicted molar refractivity (Wildman–Crippen MR) is 95.1 cm³/mol. The molecule has 2 aromatic rings. The predicted octanol–water partition coefficient (Wildman–Crippen LogP) is 3.69. The van der Waals surface area contributed by atoms with Crippen molar-refractivity contribution in [1.82, 2.24) is 5.32 Å². The Morgan fingerprint density at radius 3 is 2.35 bits per heavy atom. The summed E-state index contributed by atoms with van der Waals surface area (Å²) in [5, 5.41) is 12.8. The van der Waals surface area contributed by atoms with Crippen molar-refractivity contribution in [3.8, 4) is 5.75 Å². The van der Waals surface area contributed by atoms with Gasteiger partial charge in [0.1, 0.15) is 5.75 Å². The van der Waals surface area contributed by atoms with Crippen LogP contribution in [0.2, 0.25) is 0 Å². The Morgan fingerprint density at radius 1 is 0.957 bits per heavy atom. The molecule has 1 aliphatic heterocycles. The summed E-state index contributed by atoms with van der Waals surface area (Å²) in [5.74, 6) is 0.313. The van der Waals surface area contributed by atoms with E-state index in [0.717, 1.165) is 32.4 Å². The minimum Gasteiger partial charge on any atom is -0.508 e. The average Bonchev–Trinajstić information content (AvgIpc) is 2.57. The van der Waals surface area contributed by atoms with Crippen LogP contribution in [-0.2, 0) is 17.7 Å². The summed E-state index contributed by atoms with van der Waals surface area (Å²) in [6.45, 7) is 1.59. The molecule has 0 bridgehead atoms. The maximum Gasteiger partial charge on any atom is 0.115 e. The molecule has 23 heavy (non-hydrogen) atoms. The maximum atomic E-state index is 9.28. The van der Waals surface area contributed by atoms with Gasteiger partial charge in [-0.3, -0.25) is 0 Å². The van der Waals surface area contributed by atoms with Gasteiger partial charge in [0, 0.05) is 12.6 Å². The van der Waals surface area contributed by atoms with Crippen molar-refractivity contribution >= 4 is 12.4 Å². The first-order valence-corrected chi connectivity index (χ1v) is 7.96. The molecule has 0 amide bonds. The third-order valence-electron chi connectivity index (χ3n) is 4.21. The Bertz CT molecular complexity index is 566. The van der Waals surface area contributed by atoms with Gasteiger partial charge in [-0.25, -0.2) is 0 Å². The van der Waals surface area contributed by atoms with Gasteiger partial charge < -0.3 is 15.2 Å². The smallest absolute Gasteiger partial charge is 0.115 e. The number of benzene rings is 2. The highest BCUT2D eigenvalue weighted by Gasteiger charge is 2.21. The van der Waals surface area contributed by atoms with Gasteiger partial charge in [-0.2, -0.15) is 0 Å². The fourth-order valence-electron chi connectivity index (χ4n) is 2.88. The minimum absolute atomic E-state index is 0. The molecule has 2 N–H and O–H groups in total. The molecule has 0 saturated carbocycles. The first-order valence-electron chi connectivity index (χ1n) is 7.96. The Kier molecular flexibility index (Phi) is 6.90. The van der Waals surface area contributed by atoms with Crippen molar-refractivity contribution in [3.63, 3.8) is 0 Å². The van der Waals surface area contributed by atoms with Crippen LogP contribution in [0.1, 0.15) is 24.0 Å². The number of rotatable bonds is 5. The van der Waals surface area contributed by atoms with E-state index in [2.05, 4.69) is 35.6 Å². The van der Waals surface area contributed by atoms with Crippen LogP contribution in [0.5, 0.6) is 5.75 Å². The van der Waals surface area contributed by atoms with Gasteiger partial charge >= 0.3 is 0 Å². The highest BCUT2D eigenvalue weighted by molar-refractivity contribution is 5.85. The number of aromatic hydroxyl groups is 1. The van der Waals surface area contributed by atoms with Crippen molar-refractivity contribution in [2.75, 3.05) is 6.61 Å². The Morgan fingerprint density at radius 2 is 1.70 bits per heavy atom. The number of phenolic OH excluding ortho intramolecular Hbond substituents is 1. The van der Waals surface area contributed by atoms with E-state index in [-0.39, 0.29) is 12.4 Å². The Labute approximate surface area is 144 Å². The number of nitrogens with one attached hydrogen (secondary N) is 1. The van der Waals surface area contributed by atoms with Gasteiger partial charge in [0.2, 0.25) is 0 Å². The third kappa shape index (κ3) is 5.54. The fraction of sp³-hybridized carbons (Fsp3) is 0.368. The molecular weight excluding hydrogens is 310 g/mol. The molecule has 3 rings (SSSR count). The zero-order valence-electron chi connectivity index (χ0n) is 13.2. The van der Waals surface area contributed by atoms with E-state index in [1.807, 2.05) is 12.1 Å². The summed E-state index contributed by atoms with van der Waals surface area (Å²) in [5.41, 5.74) is 2.53. The van der Waals surface area contributed by atoms with E-state index in [4.69, 9.17) is 4.74 Å². The molecule has 0 spiro atoms. The number of halogens is 1. The van der Waals surface area contributed by atoms with Gasteiger partial charge in [0.05, 0.1) is 12.7 Å². The third-order valence-corrected chi connectivity index (χ3v) is 4.21. The van der Waals surface area contributed by atoms with E-state index in [9.17, 15) is 5.11 Å². The first-order chi connectivity index (χ1) is 10.8. The molecular formula is C19H24ClNO2. The largest absolute Gasteiger partial charge is 0.508 e. The molecule has 1 saturated heterocycles. The minimum atomic E-state index is 0. The second-order valence-electron chi connectivity index (χ2n) is 5.97. The molecule has 0 unspecified atom stereocenters. The standard InChI is InChI=1S/C19H23NO2.ClH/c21-18-9-6-16(7-10-18)13-20-17-8-11-19(22-14-17)12-15-4-2-1-3-5-15;/h1-7,9-10,17,19-21H,8,11-14H2;1H/t17-,19-;/m0./s1. The van der Waals surface area contributed by atoms with Gasteiger partial charge in [0.25, 0.3) is 0 Å². The lowest BCUT2D eigenvalue weighted by Gasteiger charge is -2.30. The summed E-state index contributed by atoms with van der Waals surface area (Å²) in [4.78, 5) is 0. The second-order valence-corrected chi connectivity index (χ2v) is 5.97. The lowest BCUT2D eigenvalue weighted by molar-refractivity contribution is -0.00227.